The Morgan fingerprint density at radius 1 is 1.11 bits per heavy atom. The van der Waals surface area contributed by atoms with Gasteiger partial charge < -0.3 is 13.9 Å². The number of aryl methyl sites for hydroxylation is 1. The summed E-state index contributed by atoms with van der Waals surface area (Å²) in [4.78, 5) is 24.6. The smallest absolute Gasteiger partial charge is 0.347 e. The van der Waals surface area contributed by atoms with Crippen molar-refractivity contribution in [3.8, 4) is 5.75 Å². The Kier molecular flexibility index (Phi) is 5.15. The molecular weight excluding hydrogens is 356 g/mol. The molecule has 0 bridgehead atoms. The van der Waals surface area contributed by atoms with Gasteiger partial charge in [0.15, 0.2) is 6.10 Å². The van der Waals surface area contributed by atoms with Gasteiger partial charge in [-0.05, 0) is 48.9 Å². The fourth-order valence-electron chi connectivity index (χ4n) is 3.62. The van der Waals surface area contributed by atoms with Gasteiger partial charge in [0.1, 0.15) is 17.9 Å². The summed E-state index contributed by atoms with van der Waals surface area (Å²) in [5.41, 5.74) is 3.01. The maximum absolute atomic E-state index is 12.4. The third kappa shape index (κ3) is 3.65. The van der Waals surface area contributed by atoms with E-state index in [-0.39, 0.29) is 12.2 Å². The number of rotatable bonds is 6. The van der Waals surface area contributed by atoms with Crippen LogP contribution in [0.1, 0.15) is 36.5 Å². The fraction of sp³-hybridized carbons (Fsp3) is 0.304. The van der Waals surface area contributed by atoms with Crippen LogP contribution < -0.4 is 10.4 Å². The van der Waals surface area contributed by atoms with Crippen LogP contribution in [0, 0.1) is 0 Å². The lowest BCUT2D eigenvalue weighted by molar-refractivity contribution is -0.153. The van der Waals surface area contributed by atoms with Crippen molar-refractivity contribution in [1.29, 1.82) is 0 Å². The molecule has 1 heterocycles. The summed E-state index contributed by atoms with van der Waals surface area (Å²) in [6.45, 7) is 2.07. The molecule has 5 heteroatoms. The van der Waals surface area contributed by atoms with Crippen LogP contribution >= 0.6 is 0 Å². The van der Waals surface area contributed by atoms with E-state index in [1.807, 2.05) is 49.4 Å². The molecule has 0 amide bonds. The lowest BCUT2D eigenvalue weighted by Gasteiger charge is -2.17. The van der Waals surface area contributed by atoms with Crippen LogP contribution in [-0.2, 0) is 29.0 Å². The van der Waals surface area contributed by atoms with Crippen LogP contribution in [0.5, 0.6) is 5.75 Å². The highest BCUT2D eigenvalue weighted by atomic mass is 16.6. The van der Waals surface area contributed by atoms with Crippen LogP contribution in [0.2, 0.25) is 0 Å². The number of esters is 1. The maximum Gasteiger partial charge on any atom is 0.347 e. The SMILES string of the molecule is CCC(Oc1ccc2c3c(c(=O)oc2c1)CCC3)C(=O)OCc1ccccc1. The summed E-state index contributed by atoms with van der Waals surface area (Å²) in [5.74, 6) is 0.0685. The second-order valence-corrected chi connectivity index (χ2v) is 6.97. The molecule has 0 radical (unpaired) electrons. The first kappa shape index (κ1) is 18.3. The monoisotopic (exact) mass is 378 g/mol. The van der Waals surface area contributed by atoms with E-state index in [4.69, 9.17) is 13.9 Å². The topological polar surface area (TPSA) is 65.7 Å². The molecule has 3 aromatic rings. The van der Waals surface area contributed by atoms with Crippen LogP contribution in [0.25, 0.3) is 11.0 Å². The van der Waals surface area contributed by atoms with Gasteiger partial charge in [0.05, 0.1) is 0 Å². The normalized spacial score (nSPS) is 13.9. The van der Waals surface area contributed by atoms with Crippen molar-refractivity contribution in [1.82, 2.24) is 0 Å². The van der Waals surface area contributed by atoms with Gasteiger partial charge in [-0.2, -0.15) is 0 Å². The molecule has 144 valence electrons. The minimum absolute atomic E-state index is 0.207. The Balaban J connectivity index is 1.50. The van der Waals surface area contributed by atoms with Gasteiger partial charge in [-0.15, -0.1) is 0 Å². The van der Waals surface area contributed by atoms with E-state index in [1.54, 1.807) is 6.07 Å². The summed E-state index contributed by atoms with van der Waals surface area (Å²) in [6, 6.07) is 14.9. The molecule has 0 N–H and O–H groups in total. The molecule has 0 saturated heterocycles. The summed E-state index contributed by atoms with van der Waals surface area (Å²) < 4.78 is 16.7. The Labute approximate surface area is 162 Å². The zero-order valence-electron chi connectivity index (χ0n) is 15.8. The van der Waals surface area contributed by atoms with E-state index in [9.17, 15) is 9.59 Å². The van der Waals surface area contributed by atoms with E-state index >= 15 is 0 Å². The Bertz CT molecular complexity index is 1050. The molecule has 1 atom stereocenters. The van der Waals surface area contributed by atoms with Gasteiger partial charge in [0.25, 0.3) is 0 Å². The molecule has 0 aliphatic heterocycles. The summed E-state index contributed by atoms with van der Waals surface area (Å²) in [5, 5.41) is 0.944. The number of ether oxygens (including phenoxy) is 2. The van der Waals surface area contributed by atoms with Crippen molar-refractivity contribution in [2.45, 2.75) is 45.3 Å². The van der Waals surface area contributed by atoms with Gasteiger partial charge in [-0.25, -0.2) is 9.59 Å². The first-order valence-electron chi connectivity index (χ1n) is 9.61. The molecule has 1 aromatic heterocycles. The lowest BCUT2D eigenvalue weighted by atomic mass is 10.1. The number of carbonyl (C=O) groups excluding carboxylic acids is 1. The van der Waals surface area contributed by atoms with E-state index < -0.39 is 12.1 Å². The number of benzene rings is 2. The maximum atomic E-state index is 12.4. The Morgan fingerprint density at radius 2 is 1.89 bits per heavy atom. The van der Waals surface area contributed by atoms with Crippen molar-refractivity contribution in [2.24, 2.45) is 0 Å². The van der Waals surface area contributed by atoms with Crippen molar-refractivity contribution in [2.75, 3.05) is 0 Å². The first-order chi connectivity index (χ1) is 13.7. The highest BCUT2D eigenvalue weighted by molar-refractivity contribution is 5.83. The minimum atomic E-state index is -0.720. The van der Waals surface area contributed by atoms with Crippen molar-refractivity contribution >= 4 is 16.9 Å². The van der Waals surface area contributed by atoms with Crippen LogP contribution in [-0.4, -0.2) is 12.1 Å². The van der Waals surface area contributed by atoms with Crippen LogP contribution in [0.4, 0.5) is 0 Å². The quantitative estimate of drug-likeness (QED) is 0.475. The third-order valence-electron chi connectivity index (χ3n) is 5.08. The van der Waals surface area contributed by atoms with Crippen LogP contribution in [0.15, 0.2) is 57.7 Å². The van der Waals surface area contributed by atoms with E-state index in [0.717, 1.165) is 41.3 Å². The van der Waals surface area contributed by atoms with E-state index in [0.29, 0.717) is 17.8 Å². The predicted octanol–water partition coefficient (Wildman–Crippen LogP) is 4.18. The van der Waals surface area contributed by atoms with Crippen molar-refractivity contribution < 1.29 is 18.7 Å². The standard InChI is InChI=1S/C23H22O5/c1-2-20(23(25)26-14-15-7-4-3-5-8-15)27-16-11-12-18-17-9-6-10-19(17)22(24)28-21(18)13-16/h3-5,7-8,11-13,20H,2,6,9-10,14H2,1H3. The van der Waals surface area contributed by atoms with Gasteiger partial charge in [0, 0.05) is 17.0 Å². The Morgan fingerprint density at radius 3 is 2.68 bits per heavy atom. The van der Waals surface area contributed by atoms with Gasteiger partial charge in [0.2, 0.25) is 0 Å². The Hall–Kier alpha value is -3.08. The minimum Gasteiger partial charge on any atom is -0.479 e. The predicted molar refractivity (Wildman–Crippen MR) is 105 cm³/mol. The second kappa shape index (κ2) is 7.89. The molecule has 1 unspecified atom stereocenters. The van der Waals surface area contributed by atoms with E-state index in [1.165, 1.54) is 0 Å². The number of carbonyl (C=O) groups is 1. The molecule has 28 heavy (non-hydrogen) atoms. The molecule has 5 nitrogen and oxygen atoms in total. The largest absolute Gasteiger partial charge is 0.479 e. The number of hydrogen-bond donors (Lipinski definition) is 0. The molecule has 0 fully saturated rings. The number of fused-ring (bicyclic) bond motifs is 3. The average Bonchev–Trinajstić information content (AvgIpc) is 3.22. The zero-order valence-corrected chi connectivity index (χ0v) is 15.8. The highest BCUT2D eigenvalue weighted by Gasteiger charge is 2.22. The van der Waals surface area contributed by atoms with Gasteiger partial charge >= 0.3 is 11.6 Å². The van der Waals surface area contributed by atoms with Crippen molar-refractivity contribution in [3.05, 3.63) is 75.6 Å². The van der Waals surface area contributed by atoms with Gasteiger partial charge in [-0.3, -0.25) is 0 Å². The van der Waals surface area contributed by atoms with Crippen LogP contribution in [0.3, 0.4) is 0 Å². The third-order valence-corrected chi connectivity index (χ3v) is 5.08. The molecule has 1 aliphatic rings. The van der Waals surface area contributed by atoms with Crippen molar-refractivity contribution in [3.63, 3.8) is 0 Å². The second-order valence-electron chi connectivity index (χ2n) is 6.97. The molecule has 0 spiro atoms. The zero-order chi connectivity index (χ0) is 19.5. The molecule has 2 aromatic carbocycles. The highest BCUT2D eigenvalue weighted by Crippen LogP contribution is 2.30. The average molecular weight is 378 g/mol. The summed E-state index contributed by atoms with van der Waals surface area (Å²) in [7, 11) is 0. The first-order valence-corrected chi connectivity index (χ1v) is 9.61. The summed E-state index contributed by atoms with van der Waals surface area (Å²) in [6.07, 6.45) is 2.39. The molecule has 1 aliphatic carbocycles. The fourth-order valence-corrected chi connectivity index (χ4v) is 3.62. The van der Waals surface area contributed by atoms with Gasteiger partial charge in [-0.1, -0.05) is 37.3 Å². The number of hydrogen-bond acceptors (Lipinski definition) is 5. The molecule has 4 rings (SSSR count). The lowest BCUT2D eigenvalue weighted by Crippen LogP contribution is -2.28. The molecular formula is C23H22O5. The summed E-state index contributed by atoms with van der Waals surface area (Å²) >= 11 is 0. The molecule has 0 saturated carbocycles. The van der Waals surface area contributed by atoms with E-state index in [2.05, 4.69) is 0 Å².